The molecule has 2 rings (SSSR count). The van der Waals surface area contributed by atoms with Crippen molar-refractivity contribution in [3.63, 3.8) is 0 Å². The number of halogens is 1. The molecule has 0 aromatic carbocycles. The van der Waals surface area contributed by atoms with Crippen molar-refractivity contribution in [1.82, 2.24) is 10.3 Å². The lowest BCUT2D eigenvalue weighted by Gasteiger charge is -2.47. The Morgan fingerprint density at radius 3 is 2.43 bits per heavy atom. The molecule has 0 atom stereocenters. The number of pyridine rings is 1. The predicted molar refractivity (Wildman–Crippen MR) is 88.1 cm³/mol. The van der Waals surface area contributed by atoms with E-state index in [1.165, 1.54) is 0 Å². The van der Waals surface area contributed by atoms with Crippen LogP contribution in [0.25, 0.3) is 0 Å². The average Bonchev–Trinajstić information content (AvgIpc) is 2.32. The van der Waals surface area contributed by atoms with Gasteiger partial charge in [0.05, 0.1) is 16.2 Å². The Kier molecular flexibility index (Phi) is 4.81. The zero-order valence-corrected chi connectivity index (χ0v) is 14.4. The van der Waals surface area contributed by atoms with Crippen molar-refractivity contribution < 1.29 is 4.74 Å². The molecule has 21 heavy (non-hydrogen) atoms. The second-order valence-electron chi connectivity index (χ2n) is 6.91. The van der Waals surface area contributed by atoms with E-state index in [0.29, 0.717) is 5.02 Å². The molecule has 1 saturated heterocycles. The molecule has 4 nitrogen and oxygen atoms in total. The van der Waals surface area contributed by atoms with Gasteiger partial charge < -0.3 is 15.0 Å². The number of rotatable bonds is 4. The van der Waals surface area contributed by atoms with Gasteiger partial charge in [-0.15, -0.1) is 0 Å². The van der Waals surface area contributed by atoms with E-state index in [1.807, 2.05) is 12.3 Å². The Balaban J connectivity index is 2.21. The fourth-order valence-electron chi connectivity index (χ4n) is 3.01. The second-order valence-corrected chi connectivity index (χ2v) is 7.31. The number of aromatic nitrogens is 1. The van der Waals surface area contributed by atoms with Gasteiger partial charge in [0.15, 0.2) is 0 Å². The molecule has 0 aliphatic carbocycles. The van der Waals surface area contributed by atoms with Gasteiger partial charge >= 0.3 is 0 Å². The van der Waals surface area contributed by atoms with Crippen LogP contribution >= 0.6 is 11.6 Å². The summed E-state index contributed by atoms with van der Waals surface area (Å²) >= 11 is 6.46. The molecule has 1 fully saturated rings. The first-order valence-corrected chi connectivity index (χ1v) is 7.90. The molecule has 0 unspecified atom stereocenters. The van der Waals surface area contributed by atoms with E-state index >= 15 is 0 Å². The maximum atomic E-state index is 6.46. The average molecular weight is 312 g/mol. The largest absolute Gasteiger partial charge is 0.366 e. The number of morpholine rings is 1. The van der Waals surface area contributed by atoms with Crippen molar-refractivity contribution in [2.24, 2.45) is 0 Å². The summed E-state index contributed by atoms with van der Waals surface area (Å²) in [6.07, 6.45) is 1.90. The molecule has 0 spiro atoms. The molecule has 0 amide bonds. The van der Waals surface area contributed by atoms with Crippen molar-refractivity contribution in [3.8, 4) is 0 Å². The standard InChI is InChI=1S/C16H26ClN3O/c1-6-18-8-12-7-13(17)14(19-9-12)20-10-15(2,3)21-16(4,5)11-20/h7,9,18H,6,8,10-11H2,1-5H3. The van der Waals surface area contributed by atoms with Crippen LogP contribution in [-0.4, -0.2) is 35.8 Å². The third-order valence-corrected chi connectivity index (χ3v) is 3.73. The van der Waals surface area contributed by atoms with Crippen LogP contribution < -0.4 is 10.2 Å². The molecular formula is C16H26ClN3O. The summed E-state index contributed by atoms with van der Waals surface area (Å²) in [6.45, 7) is 13.8. The maximum Gasteiger partial charge on any atom is 0.147 e. The minimum atomic E-state index is -0.213. The summed E-state index contributed by atoms with van der Waals surface area (Å²) in [6, 6.07) is 2.00. The van der Waals surface area contributed by atoms with Gasteiger partial charge in [0.1, 0.15) is 5.82 Å². The minimum absolute atomic E-state index is 0.213. The van der Waals surface area contributed by atoms with Crippen LogP contribution in [0.4, 0.5) is 5.82 Å². The Morgan fingerprint density at radius 2 is 1.90 bits per heavy atom. The van der Waals surface area contributed by atoms with Gasteiger partial charge in [-0.3, -0.25) is 0 Å². The molecule has 1 aliphatic rings. The number of nitrogens with one attached hydrogen (secondary N) is 1. The summed E-state index contributed by atoms with van der Waals surface area (Å²) in [4.78, 5) is 6.81. The number of ether oxygens (including phenoxy) is 1. The molecular weight excluding hydrogens is 286 g/mol. The van der Waals surface area contributed by atoms with E-state index in [4.69, 9.17) is 16.3 Å². The number of hydrogen-bond donors (Lipinski definition) is 1. The van der Waals surface area contributed by atoms with Crippen molar-refractivity contribution in [2.75, 3.05) is 24.5 Å². The molecule has 0 saturated carbocycles. The first-order chi connectivity index (χ1) is 9.72. The summed E-state index contributed by atoms with van der Waals surface area (Å²) in [7, 11) is 0. The first kappa shape index (κ1) is 16.5. The van der Waals surface area contributed by atoms with E-state index in [0.717, 1.165) is 37.6 Å². The van der Waals surface area contributed by atoms with Gasteiger partial charge in [-0.05, 0) is 45.9 Å². The molecule has 118 valence electrons. The molecule has 2 heterocycles. The predicted octanol–water partition coefficient (Wildman–Crippen LogP) is 3.24. The highest BCUT2D eigenvalue weighted by atomic mass is 35.5. The molecule has 0 radical (unpaired) electrons. The van der Waals surface area contributed by atoms with Crippen LogP contribution in [0.5, 0.6) is 0 Å². The fourth-order valence-corrected chi connectivity index (χ4v) is 3.31. The van der Waals surface area contributed by atoms with Gasteiger partial charge in [0.25, 0.3) is 0 Å². The van der Waals surface area contributed by atoms with Crippen LogP contribution in [0.3, 0.4) is 0 Å². The SMILES string of the molecule is CCNCc1cnc(N2CC(C)(C)OC(C)(C)C2)c(Cl)c1. The third kappa shape index (κ3) is 4.31. The van der Waals surface area contributed by atoms with Crippen LogP contribution in [0.15, 0.2) is 12.3 Å². The van der Waals surface area contributed by atoms with E-state index in [-0.39, 0.29) is 11.2 Å². The van der Waals surface area contributed by atoms with E-state index in [9.17, 15) is 0 Å². The Bertz CT molecular complexity index is 486. The fraction of sp³-hybridized carbons (Fsp3) is 0.688. The van der Waals surface area contributed by atoms with Crippen molar-refractivity contribution >= 4 is 17.4 Å². The van der Waals surface area contributed by atoms with Gasteiger partial charge in [-0.2, -0.15) is 0 Å². The summed E-state index contributed by atoms with van der Waals surface area (Å²) in [5.74, 6) is 0.848. The maximum absolute atomic E-state index is 6.46. The Morgan fingerprint density at radius 1 is 1.29 bits per heavy atom. The smallest absolute Gasteiger partial charge is 0.147 e. The minimum Gasteiger partial charge on any atom is -0.366 e. The highest BCUT2D eigenvalue weighted by molar-refractivity contribution is 6.33. The van der Waals surface area contributed by atoms with Crippen molar-refractivity contribution in [2.45, 2.75) is 52.4 Å². The monoisotopic (exact) mass is 311 g/mol. The van der Waals surface area contributed by atoms with Crippen molar-refractivity contribution in [3.05, 3.63) is 22.8 Å². The van der Waals surface area contributed by atoms with Crippen molar-refractivity contribution in [1.29, 1.82) is 0 Å². The van der Waals surface area contributed by atoms with Gasteiger partial charge in [-0.25, -0.2) is 4.98 Å². The highest BCUT2D eigenvalue weighted by Crippen LogP contribution is 2.33. The van der Waals surface area contributed by atoms with E-state index in [2.05, 4.69) is 49.8 Å². The molecule has 0 bridgehead atoms. The highest BCUT2D eigenvalue weighted by Gasteiger charge is 2.39. The van der Waals surface area contributed by atoms with Crippen LogP contribution in [-0.2, 0) is 11.3 Å². The zero-order chi connectivity index (χ0) is 15.7. The lowest BCUT2D eigenvalue weighted by Crippen LogP contribution is -2.57. The molecule has 5 heteroatoms. The lowest BCUT2D eigenvalue weighted by molar-refractivity contribution is -0.133. The third-order valence-electron chi connectivity index (χ3n) is 3.45. The van der Waals surface area contributed by atoms with E-state index in [1.54, 1.807) is 0 Å². The normalized spacial score (nSPS) is 20.6. The quantitative estimate of drug-likeness (QED) is 0.926. The van der Waals surface area contributed by atoms with Crippen LogP contribution in [0.2, 0.25) is 5.02 Å². The number of nitrogens with zero attached hydrogens (tertiary/aromatic N) is 2. The van der Waals surface area contributed by atoms with Crippen LogP contribution in [0, 0.1) is 0 Å². The van der Waals surface area contributed by atoms with Gasteiger partial charge in [0.2, 0.25) is 0 Å². The second kappa shape index (κ2) is 6.11. The Hall–Kier alpha value is -0.840. The Labute approximate surface area is 132 Å². The summed E-state index contributed by atoms with van der Waals surface area (Å²) in [5, 5.41) is 3.99. The lowest BCUT2D eigenvalue weighted by atomic mass is 9.99. The molecule has 1 aliphatic heterocycles. The van der Waals surface area contributed by atoms with Crippen LogP contribution in [0.1, 0.15) is 40.2 Å². The zero-order valence-electron chi connectivity index (χ0n) is 13.7. The van der Waals surface area contributed by atoms with Gasteiger partial charge in [0, 0.05) is 25.8 Å². The van der Waals surface area contributed by atoms with Gasteiger partial charge in [-0.1, -0.05) is 18.5 Å². The summed E-state index contributed by atoms with van der Waals surface area (Å²) in [5.41, 5.74) is 0.682. The molecule has 1 aromatic rings. The number of anilines is 1. The first-order valence-electron chi connectivity index (χ1n) is 7.53. The summed E-state index contributed by atoms with van der Waals surface area (Å²) < 4.78 is 6.11. The van der Waals surface area contributed by atoms with E-state index < -0.39 is 0 Å². The molecule has 1 aromatic heterocycles. The number of hydrogen-bond acceptors (Lipinski definition) is 4. The topological polar surface area (TPSA) is 37.4 Å². The molecule has 1 N–H and O–H groups in total.